The normalized spacial score (nSPS) is 11.9. The molecule has 1 amide bonds. The molecule has 1 aromatic carbocycles. The van der Waals surface area contributed by atoms with Crippen molar-refractivity contribution < 1.29 is 19.8 Å². The predicted octanol–water partition coefficient (Wildman–Crippen LogP) is 0.869. The van der Waals surface area contributed by atoms with Crippen molar-refractivity contribution in [1.82, 2.24) is 5.32 Å². The van der Waals surface area contributed by atoms with Crippen molar-refractivity contribution in [2.75, 3.05) is 6.54 Å². The molecule has 1 atom stereocenters. The minimum absolute atomic E-state index is 0.00806. The van der Waals surface area contributed by atoms with Crippen molar-refractivity contribution >= 4 is 11.9 Å². The second-order valence-corrected chi connectivity index (χ2v) is 4.27. The van der Waals surface area contributed by atoms with Gasteiger partial charge < -0.3 is 15.5 Å². The molecule has 0 bridgehead atoms. The second kappa shape index (κ2) is 6.16. The number of carbonyl (C=O) groups excluding carboxylic acids is 1. The third-order valence-electron chi connectivity index (χ3n) is 2.47. The summed E-state index contributed by atoms with van der Waals surface area (Å²) in [6, 6.07) is 5.48. The molecule has 3 N–H and O–H groups in total. The minimum atomic E-state index is -1.44. The summed E-state index contributed by atoms with van der Waals surface area (Å²) in [5.74, 6) is -1.55. The predicted molar refractivity (Wildman–Crippen MR) is 66.5 cm³/mol. The van der Waals surface area contributed by atoms with Gasteiger partial charge in [-0.3, -0.25) is 4.79 Å². The zero-order valence-corrected chi connectivity index (χ0v) is 10.4. The van der Waals surface area contributed by atoms with Crippen molar-refractivity contribution in [2.24, 2.45) is 0 Å². The summed E-state index contributed by atoms with van der Waals surface area (Å²) in [7, 11) is 0. The average molecular weight is 251 g/mol. The lowest BCUT2D eigenvalue weighted by Gasteiger charge is -2.08. The molecule has 5 heteroatoms. The molecule has 0 radical (unpaired) electrons. The molecule has 18 heavy (non-hydrogen) atoms. The first-order valence-corrected chi connectivity index (χ1v) is 5.67. The maximum atomic E-state index is 11.8. The fourth-order valence-corrected chi connectivity index (χ4v) is 1.65. The zero-order chi connectivity index (χ0) is 13.7. The number of carbonyl (C=O) groups is 2. The van der Waals surface area contributed by atoms with Crippen molar-refractivity contribution in [3.05, 3.63) is 34.9 Å². The molecule has 0 saturated heterocycles. The number of aliphatic hydroxyl groups excluding tert-OH is 1. The molecule has 0 aromatic heterocycles. The number of aliphatic hydroxyl groups is 1. The van der Waals surface area contributed by atoms with Crippen molar-refractivity contribution in [2.45, 2.75) is 26.4 Å². The molecule has 1 aromatic rings. The Morgan fingerprint density at radius 1 is 1.22 bits per heavy atom. The lowest BCUT2D eigenvalue weighted by molar-refractivity contribution is -0.146. The van der Waals surface area contributed by atoms with Gasteiger partial charge in [-0.25, -0.2) is 4.79 Å². The zero-order valence-electron chi connectivity index (χ0n) is 10.4. The largest absolute Gasteiger partial charge is 0.479 e. The van der Waals surface area contributed by atoms with Crippen LogP contribution in [0.3, 0.4) is 0 Å². The Morgan fingerprint density at radius 2 is 1.78 bits per heavy atom. The van der Waals surface area contributed by atoms with Gasteiger partial charge in [-0.1, -0.05) is 17.2 Å². The molecule has 1 unspecified atom stereocenters. The number of rotatable bonds is 5. The first-order valence-electron chi connectivity index (χ1n) is 5.67. The van der Waals surface area contributed by atoms with Crippen LogP contribution in [0.4, 0.5) is 0 Å². The van der Waals surface area contributed by atoms with Crippen LogP contribution in [0, 0.1) is 13.8 Å². The monoisotopic (exact) mass is 251 g/mol. The van der Waals surface area contributed by atoms with E-state index in [2.05, 4.69) is 5.32 Å². The molecule has 0 aliphatic heterocycles. The van der Waals surface area contributed by atoms with Gasteiger partial charge in [0, 0.05) is 18.5 Å². The summed E-state index contributed by atoms with van der Waals surface area (Å²) < 4.78 is 0. The number of carboxylic acids is 1. The van der Waals surface area contributed by atoms with Gasteiger partial charge in [0.25, 0.3) is 5.91 Å². The Hall–Kier alpha value is -1.88. The fourth-order valence-electron chi connectivity index (χ4n) is 1.65. The van der Waals surface area contributed by atoms with E-state index in [-0.39, 0.29) is 18.9 Å². The Bertz CT molecular complexity index is 436. The smallest absolute Gasteiger partial charge is 0.332 e. The third kappa shape index (κ3) is 4.18. The Balaban J connectivity index is 2.53. The van der Waals surface area contributed by atoms with Gasteiger partial charge in [-0.15, -0.1) is 0 Å². The maximum Gasteiger partial charge on any atom is 0.332 e. The highest BCUT2D eigenvalue weighted by Crippen LogP contribution is 2.08. The van der Waals surface area contributed by atoms with Crippen LogP contribution >= 0.6 is 0 Å². The van der Waals surface area contributed by atoms with Gasteiger partial charge in [0.1, 0.15) is 0 Å². The summed E-state index contributed by atoms with van der Waals surface area (Å²) in [4.78, 5) is 22.1. The molecule has 0 spiro atoms. The summed E-state index contributed by atoms with van der Waals surface area (Å²) >= 11 is 0. The van der Waals surface area contributed by atoms with Crippen LogP contribution < -0.4 is 5.32 Å². The quantitative estimate of drug-likeness (QED) is 0.724. The molecule has 0 saturated carbocycles. The minimum Gasteiger partial charge on any atom is -0.479 e. The number of nitrogens with one attached hydrogen (secondary N) is 1. The number of amides is 1. The Kier molecular flexibility index (Phi) is 4.85. The molecule has 0 heterocycles. The van der Waals surface area contributed by atoms with Gasteiger partial charge in [0.2, 0.25) is 0 Å². The SMILES string of the molecule is Cc1cc(C)cc(C(=O)NCCC(O)C(=O)O)c1. The molecular formula is C13H17NO4. The molecule has 0 aliphatic carbocycles. The number of hydrogen-bond donors (Lipinski definition) is 3. The fraction of sp³-hybridized carbons (Fsp3) is 0.385. The highest BCUT2D eigenvalue weighted by Gasteiger charge is 2.13. The van der Waals surface area contributed by atoms with Crippen LogP contribution in [0.2, 0.25) is 0 Å². The van der Waals surface area contributed by atoms with Gasteiger partial charge in [-0.05, 0) is 26.0 Å². The van der Waals surface area contributed by atoms with Crippen molar-refractivity contribution in [3.63, 3.8) is 0 Å². The van der Waals surface area contributed by atoms with Gasteiger partial charge >= 0.3 is 5.97 Å². The van der Waals surface area contributed by atoms with Crippen molar-refractivity contribution in [1.29, 1.82) is 0 Å². The Labute approximate surface area is 105 Å². The van der Waals surface area contributed by atoms with E-state index in [1.54, 1.807) is 12.1 Å². The lowest BCUT2D eigenvalue weighted by atomic mass is 10.1. The van der Waals surface area contributed by atoms with E-state index < -0.39 is 12.1 Å². The maximum absolute atomic E-state index is 11.8. The standard InChI is InChI=1S/C13H17NO4/c1-8-5-9(2)7-10(6-8)12(16)14-4-3-11(15)13(17)18/h5-7,11,15H,3-4H2,1-2H3,(H,14,16)(H,17,18). The van der Waals surface area contributed by atoms with Crippen LogP contribution in [-0.4, -0.2) is 34.7 Å². The first kappa shape index (κ1) is 14.2. The summed E-state index contributed by atoms with van der Waals surface area (Å²) in [6.45, 7) is 3.93. The number of hydrogen-bond acceptors (Lipinski definition) is 3. The highest BCUT2D eigenvalue weighted by molar-refractivity contribution is 5.94. The molecule has 0 aliphatic rings. The third-order valence-corrected chi connectivity index (χ3v) is 2.47. The van der Waals surface area contributed by atoms with Crippen LogP contribution in [0.15, 0.2) is 18.2 Å². The van der Waals surface area contributed by atoms with Crippen LogP contribution in [0.1, 0.15) is 27.9 Å². The first-order chi connectivity index (χ1) is 8.40. The van der Waals surface area contributed by atoms with E-state index in [1.165, 1.54) is 0 Å². The molecule has 98 valence electrons. The van der Waals surface area contributed by atoms with E-state index in [1.807, 2.05) is 19.9 Å². The number of aryl methyl sites for hydroxylation is 2. The van der Waals surface area contributed by atoms with Crippen LogP contribution in [-0.2, 0) is 4.79 Å². The van der Waals surface area contributed by atoms with Crippen molar-refractivity contribution in [3.8, 4) is 0 Å². The van der Waals surface area contributed by atoms with E-state index in [0.29, 0.717) is 5.56 Å². The average Bonchev–Trinajstić information content (AvgIpc) is 2.27. The number of carboxylic acid groups (broad SMARTS) is 1. The van der Waals surface area contributed by atoms with Crippen LogP contribution in [0.25, 0.3) is 0 Å². The summed E-state index contributed by atoms with van der Waals surface area (Å²) in [5, 5.41) is 20.1. The second-order valence-electron chi connectivity index (χ2n) is 4.27. The topological polar surface area (TPSA) is 86.6 Å². The number of benzene rings is 1. The highest BCUT2D eigenvalue weighted by atomic mass is 16.4. The van der Waals surface area contributed by atoms with Gasteiger partial charge in [0.05, 0.1) is 0 Å². The van der Waals surface area contributed by atoms with E-state index in [4.69, 9.17) is 10.2 Å². The Morgan fingerprint density at radius 3 is 2.28 bits per heavy atom. The van der Waals surface area contributed by atoms with E-state index in [9.17, 15) is 9.59 Å². The molecule has 0 fully saturated rings. The summed E-state index contributed by atoms with van der Waals surface area (Å²) in [5.41, 5.74) is 2.52. The molecular weight excluding hydrogens is 234 g/mol. The van der Waals surface area contributed by atoms with E-state index >= 15 is 0 Å². The van der Waals surface area contributed by atoms with Crippen LogP contribution in [0.5, 0.6) is 0 Å². The van der Waals surface area contributed by atoms with E-state index in [0.717, 1.165) is 11.1 Å². The van der Waals surface area contributed by atoms with Gasteiger partial charge in [-0.2, -0.15) is 0 Å². The summed E-state index contributed by atoms with van der Waals surface area (Å²) in [6.07, 6.45) is -1.45. The lowest BCUT2D eigenvalue weighted by Crippen LogP contribution is -2.30. The molecule has 5 nitrogen and oxygen atoms in total. The number of aliphatic carboxylic acids is 1. The molecule has 1 rings (SSSR count). The van der Waals surface area contributed by atoms with Gasteiger partial charge in [0.15, 0.2) is 6.10 Å².